The lowest BCUT2D eigenvalue weighted by Crippen LogP contribution is -2.44. The summed E-state index contributed by atoms with van der Waals surface area (Å²) in [5.74, 6) is -0.134. The van der Waals surface area contributed by atoms with Crippen molar-refractivity contribution in [3.63, 3.8) is 0 Å². The van der Waals surface area contributed by atoms with Gasteiger partial charge in [0, 0.05) is 13.0 Å². The number of urea groups is 1. The third-order valence-electron chi connectivity index (χ3n) is 1.91. The summed E-state index contributed by atoms with van der Waals surface area (Å²) in [6.45, 7) is 3.37. The molecule has 94 valence electrons. The molecule has 1 aromatic heterocycles. The van der Waals surface area contributed by atoms with Crippen LogP contribution < -0.4 is 10.6 Å². The summed E-state index contributed by atoms with van der Waals surface area (Å²) in [7, 11) is 0. The van der Waals surface area contributed by atoms with E-state index in [4.69, 9.17) is 9.63 Å². The monoisotopic (exact) mass is 242 g/mol. The molecule has 0 spiro atoms. The minimum absolute atomic E-state index is 0.291. The summed E-state index contributed by atoms with van der Waals surface area (Å²) < 4.78 is 4.84. The van der Waals surface area contributed by atoms with Crippen molar-refractivity contribution in [2.45, 2.75) is 26.3 Å². The molecule has 1 rings (SSSR count). The topological polar surface area (TPSA) is 117 Å². The Bertz CT molecular complexity index is 403. The first kappa shape index (κ1) is 12.9. The Morgan fingerprint density at radius 3 is 2.76 bits per heavy atom. The zero-order valence-corrected chi connectivity index (χ0v) is 9.56. The highest BCUT2D eigenvalue weighted by Gasteiger charge is 2.13. The Morgan fingerprint density at radius 1 is 1.53 bits per heavy atom. The van der Waals surface area contributed by atoms with Crippen LogP contribution in [0.1, 0.15) is 18.6 Å². The predicted molar refractivity (Wildman–Crippen MR) is 56.4 cm³/mol. The Labute approximate surface area is 97.4 Å². The van der Waals surface area contributed by atoms with Crippen molar-refractivity contribution in [3.8, 4) is 0 Å². The minimum Gasteiger partial charge on any atom is -0.480 e. The molecule has 0 radical (unpaired) electrons. The molecule has 0 unspecified atom stereocenters. The average molecular weight is 242 g/mol. The van der Waals surface area contributed by atoms with Gasteiger partial charge in [0.15, 0.2) is 5.82 Å². The number of carbonyl (C=O) groups is 2. The molecule has 8 nitrogen and oxygen atoms in total. The Morgan fingerprint density at radius 2 is 2.24 bits per heavy atom. The summed E-state index contributed by atoms with van der Waals surface area (Å²) in [5, 5.41) is 16.9. The molecule has 1 heterocycles. The molecule has 0 aliphatic carbocycles. The zero-order valence-electron chi connectivity index (χ0n) is 9.56. The normalized spacial score (nSPS) is 11.9. The third-order valence-corrected chi connectivity index (χ3v) is 1.91. The maximum atomic E-state index is 11.2. The number of aromatic nitrogens is 2. The number of nitrogens with zero attached hydrogens (tertiary/aromatic N) is 2. The average Bonchev–Trinajstić information content (AvgIpc) is 2.64. The fourth-order valence-corrected chi connectivity index (χ4v) is 1.03. The van der Waals surface area contributed by atoms with Crippen LogP contribution in [0.2, 0.25) is 0 Å². The van der Waals surface area contributed by atoms with Gasteiger partial charge >= 0.3 is 12.0 Å². The quantitative estimate of drug-likeness (QED) is 0.652. The molecule has 0 aromatic carbocycles. The summed E-state index contributed by atoms with van der Waals surface area (Å²) in [5.41, 5.74) is 0. The van der Waals surface area contributed by atoms with E-state index in [-0.39, 0.29) is 0 Å². The molecule has 0 aliphatic heterocycles. The van der Waals surface area contributed by atoms with Crippen LogP contribution in [0.3, 0.4) is 0 Å². The highest BCUT2D eigenvalue weighted by Crippen LogP contribution is 1.95. The van der Waals surface area contributed by atoms with Crippen LogP contribution >= 0.6 is 0 Å². The Balaban J connectivity index is 2.22. The first-order chi connectivity index (χ1) is 7.99. The van der Waals surface area contributed by atoms with Gasteiger partial charge in [-0.2, -0.15) is 4.98 Å². The summed E-state index contributed by atoms with van der Waals surface area (Å²) in [6.07, 6.45) is 0.399. The van der Waals surface area contributed by atoms with E-state index in [0.717, 1.165) is 0 Å². The number of hydrogen-bond donors (Lipinski definition) is 3. The zero-order chi connectivity index (χ0) is 12.8. The van der Waals surface area contributed by atoms with E-state index in [9.17, 15) is 9.59 Å². The number of rotatable bonds is 5. The van der Waals surface area contributed by atoms with Crippen LogP contribution in [-0.2, 0) is 11.2 Å². The second-order valence-electron chi connectivity index (χ2n) is 3.45. The van der Waals surface area contributed by atoms with Gasteiger partial charge in [0.2, 0.25) is 5.89 Å². The summed E-state index contributed by atoms with van der Waals surface area (Å²) in [4.78, 5) is 25.6. The first-order valence-corrected chi connectivity index (χ1v) is 5.05. The Hall–Kier alpha value is -2.12. The third kappa shape index (κ3) is 4.49. The second kappa shape index (κ2) is 5.83. The van der Waals surface area contributed by atoms with Crippen molar-refractivity contribution in [2.24, 2.45) is 0 Å². The van der Waals surface area contributed by atoms with Crippen molar-refractivity contribution in [1.82, 2.24) is 20.8 Å². The van der Waals surface area contributed by atoms with Crippen LogP contribution in [0.25, 0.3) is 0 Å². The van der Waals surface area contributed by atoms with Crippen molar-refractivity contribution >= 4 is 12.0 Å². The number of carboxylic acid groups (broad SMARTS) is 1. The van der Waals surface area contributed by atoms with Gasteiger partial charge in [-0.3, -0.25) is 4.79 Å². The number of hydrogen-bond acceptors (Lipinski definition) is 5. The standard InChI is InChI=1S/C9H14N4O4/c1-5(8(14)15)11-9(16)10-4-3-7-12-6(2)13-17-7/h5H,3-4H2,1-2H3,(H,14,15)(H2,10,11,16)/t5-/m0/s1. The molecule has 1 aromatic rings. The summed E-state index contributed by atoms with van der Waals surface area (Å²) in [6, 6.07) is -1.48. The van der Waals surface area contributed by atoms with Crippen molar-refractivity contribution in [3.05, 3.63) is 11.7 Å². The highest BCUT2D eigenvalue weighted by molar-refractivity contribution is 5.82. The largest absolute Gasteiger partial charge is 0.480 e. The van der Waals surface area contributed by atoms with Gasteiger partial charge in [-0.05, 0) is 13.8 Å². The van der Waals surface area contributed by atoms with Crippen LogP contribution in [0.4, 0.5) is 4.79 Å². The van der Waals surface area contributed by atoms with Gasteiger partial charge < -0.3 is 20.3 Å². The molecule has 2 amide bonds. The molecule has 3 N–H and O–H groups in total. The van der Waals surface area contributed by atoms with E-state index < -0.39 is 18.0 Å². The van der Waals surface area contributed by atoms with Gasteiger partial charge in [-0.15, -0.1) is 0 Å². The molecule has 0 fully saturated rings. The van der Waals surface area contributed by atoms with Crippen LogP contribution in [0.5, 0.6) is 0 Å². The molecular weight excluding hydrogens is 228 g/mol. The lowest BCUT2D eigenvalue weighted by atomic mass is 10.3. The molecule has 0 saturated heterocycles. The molecule has 17 heavy (non-hydrogen) atoms. The van der Waals surface area contributed by atoms with E-state index >= 15 is 0 Å². The van der Waals surface area contributed by atoms with E-state index in [2.05, 4.69) is 20.8 Å². The second-order valence-corrected chi connectivity index (χ2v) is 3.45. The maximum Gasteiger partial charge on any atom is 0.325 e. The molecule has 1 atom stereocenters. The van der Waals surface area contributed by atoms with Gasteiger partial charge in [0.25, 0.3) is 0 Å². The number of aliphatic carboxylic acids is 1. The minimum atomic E-state index is -1.09. The predicted octanol–water partition coefficient (Wildman–Crippen LogP) is -0.307. The fourth-order valence-electron chi connectivity index (χ4n) is 1.03. The van der Waals surface area contributed by atoms with Gasteiger partial charge in [0.05, 0.1) is 0 Å². The number of amides is 2. The fraction of sp³-hybridized carbons (Fsp3) is 0.556. The first-order valence-electron chi connectivity index (χ1n) is 5.05. The number of nitrogens with one attached hydrogen (secondary N) is 2. The van der Waals surface area contributed by atoms with Crippen molar-refractivity contribution in [1.29, 1.82) is 0 Å². The van der Waals surface area contributed by atoms with E-state index in [1.54, 1.807) is 6.92 Å². The van der Waals surface area contributed by atoms with Gasteiger partial charge in [-0.1, -0.05) is 5.16 Å². The van der Waals surface area contributed by atoms with Crippen LogP contribution in [0, 0.1) is 6.92 Å². The van der Waals surface area contributed by atoms with E-state index in [1.165, 1.54) is 6.92 Å². The van der Waals surface area contributed by atoms with Gasteiger partial charge in [0.1, 0.15) is 6.04 Å². The van der Waals surface area contributed by atoms with Crippen LogP contribution in [0.15, 0.2) is 4.52 Å². The van der Waals surface area contributed by atoms with E-state index in [1.807, 2.05) is 0 Å². The molecule has 0 bridgehead atoms. The summed E-state index contributed by atoms with van der Waals surface area (Å²) >= 11 is 0. The lowest BCUT2D eigenvalue weighted by molar-refractivity contribution is -0.138. The van der Waals surface area contributed by atoms with Crippen molar-refractivity contribution in [2.75, 3.05) is 6.54 Å². The number of aryl methyl sites for hydroxylation is 1. The molecule has 0 saturated carbocycles. The molecule has 8 heteroatoms. The number of carbonyl (C=O) groups excluding carboxylic acids is 1. The molecule has 0 aliphatic rings. The lowest BCUT2D eigenvalue weighted by Gasteiger charge is -2.09. The Kier molecular flexibility index (Phi) is 4.44. The molecular formula is C9H14N4O4. The van der Waals surface area contributed by atoms with E-state index in [0.29, 0.717) is 24.7 Å². The maximum absolute atomic E-state index is 11.2. The number of carboxylic acids is 1. The highest BCUT2D eigenvalue weighted by atomic mass is 16.5. The van der Waals surface area contributed by atoms with Gasteiger partial charge in [-0.25, -0.2) is 4.79 Å². The SMILES string of the molecule is Cc1noc(CCNC(=O)N[C@@H](C)C(=O)O)n1. The van der Waals surface area contributed by atoms with Crippen LogP contribution in [-0.4, -0.2) is 39.8 Å². The smallest absolute Gasteiger partial charge is 0.325 e. The van der Waals surface area contributed by atoms with Crippen molar-refractivity contribution < 1.29 is 19.2 Å².